The smallest absolute Gasteiger partial charge is 0.231 e. The zero-order chi connectivity index (χ0) is 12.4. The largest absolute Gasteiger partial charge is 0.454 e. The first-order valence-corrected chi connectivity index (χ1v) is 5.78. The van der Waals surface area contributed by atoms with Crippen molar-refractivity contribution in [1.82, 2.24) is 5.32 Å². The maximum absolute atomic E-state index is 12.1. The lowest BCUT2D eigenvalue weighted by atomic mass is 10.0. The molecule has 1 aromatic rings. The molecule has 4 nitrogen and oxygen atoms in total. The highest BCUT2D eigenvalue weighted by molar-refractivity contribution is 6.00. The van der Waals surface area contributed by atoms with Gasteiger partial charge in [-0.1, -0.05) is 13.8 Å². The lowest BCUT2D eigenvalue weighted by Gasteiger charge is -2.15. The standard InChI is InChI=1S/C13H17NO3/c1-8(2)14-9(3)13(15)10-4-5-11-12(6-10)17-7-16-11/h4-6,8-9,14H,7H2,1-3H3/t9-/m0/s1. The number of ketones is 1. The lowest BCUT2D eigenvalue weighted by molar-refractivity contribution is 0.0946. The summed E-state index contributed by atoms with van der Waals surface area (Å²) in [5.41, 5.74) is 0.648. The van der Waals surface area contributed by atoms with Crippen LogP contribution in [0, 0.1) is 0 Å². The molecule has 0 saturated heterocycles. The fraction of sp³-hybridized carbons (Fsp3) is 0.462. The van der Waals surface area contributed by atoms with Crippen molar-refractivity contribution >= 4 is 5.78 Å². The fourth-order valence-corrected chi connectivity index (χ4v) is 1.88. The summed E-state index contributed by atoms with van der Waals surface area (Å²) in [4.78, 5) is 12.1. The van der Waals surface area contributed by atoms with Crippen LogP contribution < -0.4 is 14.8 Å². The summed E-state index contributed by atoms with van der Waals surface area (Å²) in [5, 5.41) is 3.19. The van der Waals surface area contributed by atoms with Gasteiger partial charge in [-0.25, -0.2) is 0 Å². The third-order valence-electron chi connectivity index (χ3n) is 2.63. The van der Waals surface area contributed by atoms with Gasteiger partial charge < -0.3 is 14.8 Å². The van der Waals surface area contributed by atoms with Crippen LogP contribution in [-0.4, -0.2) is 24.7 Å². The Morgan fingerprint density at radius 2 is 1.94 bits per heavy atom. The van der Waals surface area contributed by atoms with Crippen LogP contribution in [0.5, 0.6) is 11.5 Å². The Morgan fingerprint density at radius 3 is 2.65 bits per heavy atom. The van der Waals surface area contributed by atoms with Gasteiger partial charge in [0.1, 0.15) is 0 Å². The van der Waals surface area contributed by atoms with Crippen molar-refractivity contribution in [2.45, 2.75) is 32.9 Å². The van der Waals surface area contributed by atoms with Crippen molar-refractivity contribution in [1.29, 1.82) is 0 Å². The van der Waals surface area contributed by atoms with Gasteiger partial charge in [0.2, 0.25) is 6.79 Å². The zero-order valence-corrected chi connectivity index (χ0v) is 10.3. The van der Waals surface area contributed by atoms with Gasteiger partial charge in [0.05, 0.1) is 6.04 Å². The minimum absolute atomic E-state index is 0.0667. The van der Waals surface area contributed by atoms with Crippen LogP contribution in [0.15, 0.2) is 18.2 Å². The molecule has 1 atom stereocenters. The molecule has 0 radical (unpaired) electrons. The van der Waals surface area contributed by atoms with Crippen molar-refractivity contribution in [2.75, 3.05) is 6.79 Å². The molecular weight excluding hydrogens is 218 g/mol. The first-order valence-electron chi connectivity index (χ1n) is 5.78. The predicted molar refractivity (Wildman–Crippen MR) is 64.6 cm³/mol. The summed E-state index contributed by atoms with van der Waals surface area (Å²) in [6, 6.07) is 5.37. The number of hydrogen-bond donors (Lipinski definition) is 1. The van der Waals surface area contributed by atoms with Gasteiger partial charge in [-0.2, -0.15) is 0 Å². The second-order valence-corrected chi connectivity index (χ2v) is 4.48. The van der Waals surface area contributed by atoms with Crippen LogP contribution in [-0.2, 0) is 0 Å². The summed E-state index contributed by atoms with van der Waals surface area (Å²) in [7, 11) is 0. The zero-order valence-electron chi connectivity index (χ0n) is 10.3. The maximum Gasteiger partial charge on any atom is 0.231 e. The molecule has 4 heteroatoms. The SMILES string of the molecule is CC(C)N[C@@H](C)C(=O)c1ccc2c(c1)OCO2. The molecule has 1 N–H and O–H groups in total. The predicted octanol–water partition coefficient (Wildman–Crippen LogP) is 1.98. The Morgan fingerprint density at radius 1 is 1.24 bits per heavy atom. The Labute approximate surface area is 101 Å². The molecular formula is C13H17NO3. The first kappa shape index (κ1) is 11.9. The molecule has 0 aliphatic carbocycles. The molecule has 0 unspecified atom stereocenters. The quantitative estimate of drug-likeness (QED) is 0.811. The molecule has 0 aromatic heterocycles. The Kier molecular flexibility index (Phi) is 3.33. The van der Waals surface area contributed by atoms with Crippen LogP contribution in [0.3, 0.4) is 0 Å². The van der Waals surface area contributed by atoms with Crippen LogP contribution in [0.2, 0.25) is 0 Å². The summed E-state index contributed by atoms with van der Waals surface area (Å²) in [6.07, 6.45) is 0. The van der Waals surface area contributed by atoms with Crippen molar-refractivity contribution in [3.63, 3.8) is 0 Å². The molecule has 1 aliphatic rings. The van der Waals surface area contributed by atoms with Gasteiger partial charge in [-0.15, -0.1) is 0 Å². The van der Waals surface area contributed by atoms with E-state index in [9.17, 15) is 4.79 Å². The second kappa shape index (κ2) is 4.75. The summed E-state index contributed by atoms with van der Waals surface area (Å²) in [6.45, 7) is 6.13. The van der Waals surface area contributed by atoms with Crippen LogP contribution in [0.1, 0.15) is 31.1 Å². The Hall–Kier alpha value is -1.55. The van der Waals surface area contributed by atoms with Crippen LogP contribution >= 0.6 is 0 Å². The minimum atomic E-state index is -0.199. The molecule has 0 saturated carbocycles. The number of fused-ring (bicyclic) bond motifs is 1. The van der Waals surface area contributed by atoms with Gasteiger partial charge >= 0.3 is 0 Å². The number of benzene rings is 1. The van der Waals surface area contributed by atoms with E-state index < -0.39 is 0 Å². The maximum atomic E-state index is 12.1. The molecule has 2 rings (SSSR count). The van der Waals surface area contributed by atoms with Crippen LogP contribution in [0.25, 0.3) is 0 Å². The van der Waals surface area contributed by atoms with Crippen molar-refractivity contribution in [2.24, 2.45) is 0 Å². The van der Waals surface area contributed by atoms with Gasteiger partial charge in [0.25, 0.3) is 0 Å². The normalized spacial score (nSPS) is 15.1. The van der Waals surface area contributed by atoms with E-state index >= 15 is 0 Å². The molecule has 17 heavy (non-hydrogen) atoms. The van der Waals surface area contributed by atoms with Gasteiger partial charge in [0, 0.05) is 11.6 Å². The topological polar surface area (TPSA) is 47.6 Å². The van der Waals surface area contributed by atoms with E-state index in [1.807, 2.05) is 20.8 Å². The molecule has 1 aromatic carbocycles. The first-order chi connectivity index (χ1) is 8.08. The Balaban J connectivity index is 2.14. The Bertz CT molecular complexity index is 429. The average Bonchev–Trinajstić information content (AvgIpc) is 2.73. The van der Waals surface area contributed by atoms with E-state index in [2.05, 4.69) is 5.32 Å². The summed E-state index contributed by atoms with van der Waals surface area (Å²) < 4.78 is 10.5. The average molecular weight is 235 g/mol. The third kappa shape index (κ3) is 2.58. The van der Waals surface area contributed by atoms with E-state index in [-0.39, 0.29) is 24.7 Å². The molecule has 92 valence electrons. The summed E-state index contributed by atoms with van der Waals surface area (Å²) >= 11 is 0. The molecule has 0 bridgehead atoms. The molecule has 1 heterocycles. The number of hydrogen-bond acceptors (Lipinski definition) is 4. The van der Waals surface area contributed by atoms with Crippen molar-refractivity contribution in [3.8, 4) is 11.5 Å². The molecule has 1 aliphatic heterocycles. The fourth-order valence-electron chi connectivity index (χ4n) is 1.88. The number of carbonyl (C=O) groups is 1. The third-order valence-corrected chi connectivity index (χ3v) is 2.63. The monoisotopic (exact) mass is 235 g/mol. The number of ether oxygens (including phenoxy) is 2. The molecule has 0 fully saturated rings. The number of carbonyl (C=O) groups excluding carboxylic acids is 1. The molecule has 0 amide bonds. The highest BCUT2D eigenvalue weighted by Gasteiger charge is 2.19. The van der Waals surface area contributed by atoms with Gasteiger partial charge in [-0.3, -0.25) is 4.79 Å². The van der Waals surface area contributed by atoms with E-state index in [1.165, 1.54) is 0 Å². The van der Waals surface area contributed by atoms with E-state index in [0.29, 0.717) is 17.1 Å². The van der Waals surface area contributed by atoms with E-state index in [4.69, 9.17) is 9.47 Å². The van der Waals surface area contributed by atoms with E-state index in [1.54, 1.807) is 18.2 Å². The highest BCUT2D eigenvalue weighted by atomic mass is 16.7. The highest BCUT2D eigenvalue weighted by Crippen LogP contribution is 2.32. The van der Waals surface area contributed by atoms with Gasteiger partial charge in [0.15, 0.2) is 17.3 Å². The second-order valence-electron chi connectivity index (χ2n) is 4.48. The molecule has 0 spiro atoms. The van der Waals surface area contributed by atoms with Crippen LogP contribution in [0.4, 0.5) is 0 Å². The number of nitrogens with one attached hydrogen (secondary N) is 1. The van der Waals surface area contributed by atoms with Gasteiger partial charge in [-0.05, 0) is 25.1 Å². The number of Topliss-reactive ketones (excluding diaryl/α,β-unsaturated/α-hetero) is 1. The van der Waals surface area contributed by atoms with Crippen molar-refractivity contribution in [3.05, 3.63) is 23.8 Å². The lowest BCUT2D eigenvalue weighted by Crippen LogP contribution is -2.38. The van der Waals surface area contributed by atoms with E-state index in [0.717, 1.165) is 0 Å². The number of rotatable bonds is 4. The minimum Gasteiger partial charge on any atom is -0.454 e. The summed E-state index contributed by atoms with van der Waals surface area (Å²) in [5.74, 6) is 1.41. The van der Waals surface area contributed by atoms with Crippen molar-refractivity contribution < 1.29 is 14.3 Å².